The molecule has 0 unspecified atom stereocenters. The Kier molecular flexibility index (Phi) is 4.69. The Morgan fingerprint density at radius 3 is 2.44 bits per heavy atom. The second-order valence-corrected chi connectivity index (χ2v) is 5.36. The Balaban J connectivity index is 1.85. The van der Waals surface area contributed by atoms with Crippen molar-refractivity contribution in [3.63, 3.8) is 0 Å². The van der Waals surface area contributed by atoms with E-state index in [1.54, 1.807) is 26.4 Å². The molecular weight excluding hydrogens is 322 g/mol. The number of rotatable bonds is 6. The zero-order valence-electron chi connectivity index (χ0n) is 14.5. The number of nitrogens with one attached hydrogen (secondary N) is 2. The molecule has 3 aromatic rings. The summed E-state index contributed by atoms with van der Waals surface area (Å²) in [7, 11) is 3.21. The van der Waals surface area contributed by atoms with E-state index >= 15 is 0 Å². The van der Waals surface area contributed by atoms with Crippen molar-refractivity contribution in [2.24, 2.45) is 0 Å². The minimum absolute atomic E-state index is 0.420. The summed E-state index contributed by atoms with van der Waals surface area (Å²) in [5.41, 5.74) is 1.57. The number of nitrogens with zero attached hydrogens (tertiary/aromatic N) is 3. The average Bonchev–Trinajstić information content (AvgIpc) is 2.99. The first-order valence-corrected chi connectivity index (χ1v) is 7.62. The highest BCUT2D eigenvalue weighted by Crippen LogP contribution is 2.31. The molecule has 0 amide bonds. The van der Waals surface area contributed by atoms with E-state index in [0.29, 0.717) is 34.8 Å². The molecule has 130 valence electrons. The number of hydrogen-bond acceptors (Lipinski definition) is 8. The van der Waals surface area contributed by atoms with Crippen LogP contribution in [0.4, 0.5) is 23.3 Å². The highest BCUT2D eigenvalue weighted by Gasteiger charge is 2.09. The summed E-state index contributed by atoms with van der Waals surface area (Å²) in [6.45, 7) is 3.70. The van der Waals surface area contributed by atoms with Crippen molar-refractivity contribution in [1.29, 1.82) is 0 Å². The van der Waals surface area contributed by atoms with Gasteiger partial charge in [-0.15, -0.1) is 0 Å². The van der Waals surface area contributed by atoms with E-state index in [2.05, 4.69) is 25.8 Å². The number of methoxy groups -OCH3 is 2. The highest BCUT2D eigenvalue weighted by atomic mass is 16.5. The molecule has 0 saturated heterocycles. The molecule has 0 aliphatic carbocycles. The van der Waals surface area contributed by atoms with Gasteiger partial charge in [0.15, 0.2) is 5.82 Å². The van der Waals surface area contributed by atoms with Crippen molar-refractivity contribution in [3.8, 4) is 11.5 Å². The van der Waals surface area contributed by atoms with Gasteiger partial charge in [-0.05, 0) is 26.0 Å². The Labute approximate surface area is 145 Å². The van der Waals surface area contributed by atoms with Crippen LogP contribution in [0.15, 0.2) is 34.9 Å². The van der Waals surface area contributed by atoms with Crippen LogP contribution in [0.5, 0.6) is 11.5 Å². The smallest absolute Gasteiger partial charge is 0.230 e. The summed E-state index contributed by atoms with van der Waals surface area (Å²) in [6, 6.07) is 9.11. The molecule has 0 radical (unpaired) electrons. The van der Waals surface area contributed by atoms with Crippen LogP contribution in [0.1, 0.15) is 11.5 Å². The molecular formula is C17H19N5O3. The largest absolute Gasteiger partial charge is 0.497 e. The molecule has 2 N–H and O–H groups in total. The first kappa shape index (κ1) is 16.6. The maximum absolute atomic E-state index is 5.39. The van der Waals surface area contributed by atoms with E-state index in [1.807, 2.05) is 32.0 Å². The van der Waals surface area contributed by atoms with Gasteiger partial charge in [0.05, 0.1) is 19.9 Å². The van der Waals surface area contributed by atoms with Crippen LogP contribution >= 0.6 is 0 Å². The number of ether oxygens (including phenoxy) is 2. The third kappa shape index (κ3) is 3.97. The SMILES string of the molecule is COc1ccc(Nc2cc(C)nc(Nc3cc(C)on3)n2)c(OC)c1. The topological polar surface area (TPSA) is 94.3 Å². The zero-order chi connectivity index (χ0) is 17.8. The molecule has 0 saturated carbocycles. The van der Waals surface area contributed by atoms with Crippen LogP contribution in [0.2, 0.25) is 0 Å². The van der Waals surface area contributed by atoms with Gasteiger partial charge in [0.25, 0.3) is 0 Å². The lowest BCUT2D eigenvalue weighted by Gasteiger charge is -2.13. The van der Waals surface area contributed by atoms with Crippen molar-refractivity contribution < 1.29 is 14.0 Å². The van der Waals surface area contributed by atoms with Crippen molar-refractivity contribution >= 4 is 23.3 Å². The molecule has 8 nitrogen and oxygen atoms in total. The monoisotopic (exact) mass is 341 g/mol. The van der Waals surface area contributed by atoms with Gasteiger partial charge in [-0.1, -0.05) is 5.16 Å². The van der Waals surface area contributed by atoms with Gasteiger partial charge >= 0.3 is 0 Å². The van der Waals surface area contributed by atoms with Crippen LogP contribution in [0, 0.1) is 13.8 Å². The van der Waals surface area contributed by atoms with Crippen LogP contribution in [-0.4, -0.2) is 29.3 Å². The van der Waals surface area contributed by atoms with Crippen molar-refractivity contribution in [2.45, 2.75) is 13.8 Å². The predicted molar refractivity (Wildman–Crippen MR) is 94.1 cm³/mol. The number of benzene rings is 1. The molecule has 8 heteroatoms. The molecule has 0 aliphatic heterocycles. The Morgan fingerprint density at radius 2 is 1.76 bits per heavy atom. The summed E-state index contributed by atoms with van der Waals surface area (Å²) >= 11 is 0. The maximum atomic E-state index is 5.39. The van der Waals surface area contributed by atoms with E-state index in [4.69, 9.17) is 14.0 Å². The van der Waals surface area contributed by atoms with Gasteiger partial charge in [-0.2, -0.15) is 4.98 Å². The molecule has 1 aromatic carbocycles. The molecule has 0 aliphatic rings. The van der Waals surface area contributed by atoms with Gasteiger partial charge < -0.3 is 24.6 Å². The molecule has 0 spiro atoms. The third-order valence-electron chi connectivity index (χ3n) is 3.39. The molecule has 0 atom stereocenters. The van der Waals surface area contributed by atoms with Gasteiger partial charge in [0, 0.05) is 23.9 Å². The summed E-state index contributed by atoms with van der Waals surface area (Å²) < 4.78 is 15.6. The van der Waals surface area contributed by atoms with Gasteiger partial charge in [0.2, 0.25) is 5.95 Å². The summed E-state index contributed by atoms with van der Waals surface area (Å²) in [5.74, 6) is 3.66. The van der Waals surface area contributed by atoms with Crippen molar-refractivity contribution in [3.05, 3.63) is 41.8 Å². The first-order valence-electron chi connectivity index (χ1n) is 7.62. The van der Waals surface area contributed by atoms with Crippen LogP contribution in [0.25, 0.3) is 0 Å². The summed E-state index contributed by atoms with van der Waals surface area (Å²) in [4.78, 5) is 8.80. The Bertz CT molecular complexity index is 878. The maximum Gasteiger partial charge on any atom is 0.230 e. The van der Waals surface area contributed by atoms with Crippen LogP contribution in [0.3, 0.4) is 0 Å². The second-order valence-electron chi connectivity index (χ2n) is 5.36. The van der Waals surface area contributed by atoms with E-state index < -0.39 is 0 Å². The van der Waals surface area contributed by atoms with E-state index in [-0.39, 0.29) is 0 Å². The lowest BCUT2D eigenvalue weighted by Crippen LogP contribution is -2.03. The lowest BCUT2D eigenvalue weighted by molar-refractivity contribution is 0.395. The standard InChI is InChI=1S/C17H19N5O3/c1-10-7-15(19-13-6-5-12(23-3)9-14(13)24-4)20-17(18-10)21-16-8-11(2)25-22-16/h5-9H,1-4H3,(H2,18,19,20,21,22). The molecule has 25 heavy (non-hydrogen) atoms. The normalized spacial score (nSPS) is 10.4. The van der Waals surface area contributed by atoms with E-state index in [9.17, 15) is 0 Å². The molecule has 3 rings (SSSR count). The second kappa shape index (κ2) is 7.08. The summed E-state index contributed by atoms with van der Waals surface area (Å²) in [5, 5.41) is 10.1. The Morgan fingerprint density at radius 1 is 0.920 bits per heavy atom. The third-order valence-corrected chi connectivity index (χ3v) is 3.39. The lowest BCUT2D eigenvalue weighted by atomic mass is 10.2. The molecule has 0 fully saturated rings. The van der Waals surface area contributed by atoms with E-state index in [1.165, 1.54) is 0 Å². The van der Waals surface area contributed by atoms with Gasteiger partial charge in [0.1, 0.15) is 23.1 Å². The predicted octanol–water partition coefficient (Wildman–Crippen LogP) is 3.59. The fraction of sp³-hybridized carbons (Fsp3) is 0.235. The fourth-order valence-corrected chi connectivity index (χ4v) is 2.27. The highest BCUT2D eigenvalue weighted by molar-refractivity contribution is 5.66. The van der Waals surface area contributed by atoms with Crippen molar-refractivity contribution in [1.82, 2.24) is 15.1 Å². The van der Waals surface area contributed by atoms with E-state index in [0.717, 1.165) is 11.4 Å². The number of hydrogen-bond donors (Lipinski definition) is 2. The molecule has 0 bridgehead atoms. The number of aryl methyl sites for hydroxylation is 2. The minimum atomic E-state index is 0.420. The Hall–Kier alpha value is -3.29. The van der Waals surface area contributed by atoms with Gasteiger partial charge in [-0.3, -0.25) is 0 Å². The van der Waals surface area contributed by atoms with Gasteiger partial charge in [-0.25, -0.2) is 4.98 Å². The van der Waals surface area contributed by atoms with Crippen LogP contribution in [-0.2, 0) is 0 Å². The fourth-order valence-electron chi connectivity index (χ4n) is 2.27. The molecule has 2 heterocycles. The number of anilines is 4. The average molecular weight is 341 g/mol. The number of aromatic nitrogens is 3. The first-order chi connectivity index (χ1) is 12.1. The zero-order valence-corrected chi connectivity index (χ0v) is 14.5. The molecule has 2 aromatic heterocycles. The summed E-state index contributed by atoms with van der Waals surface area (Å²) in [6.07, 6.45) is 0. The van der Waals surface area contributed by atoms with Crippen molar-refractivity contribution in [2.75, 3.05) is 24.9 Å². The van der Waals surface area contributed by atoms with Crippen LogP contribution < -0.4 is 20.1 Å². The quantitative estimate of drug-likeness (QED) is 0.702. The minimum Gasteiger partial charge on any atom is -0.497 e.